The fourth-order valence-electron chi connectivity index (χ4n) is 2.15. The van der Waals surface area contributed by atoms with Gasteiger partial charge in [0.15, 0.2) is 11.5 Å². The number of methoxy groups -OCH3 is 3. The summed E-state index contributed by atoms with van der Waals surface area (Å²) in [6.07, 6.45) is 0. The summed E-state index contributed by atoms with van der Waals surface area (Å²) in [6.45, 7) is 6.97. The minimum absolute atomic E-state index is 0.240. The second kappa shape index (κ2) is 9.15. The van der Waals surface area contributed by atoms with Crippen molar-refractivity contribution in [3.63, 3.8) is 0 Å². The van der Waals surface area contributed by atoms with Crippen LogP contribution < -0.4 is 14.2 Å². The first-order valence-electron chi connectivity index (χ1n) is 7.31. The van der Waals surface area contributed by atoms with Crippen LogP contribution in [0.15, 0.2) is 12.1 Å². The molecule has 124 valence electrons. The van der Waals surface area contributed by atoms with Gasteiger partial charge in [0, 0.05) is 6.54 Å². The monoisotopic (exact) mass is 311 g/mol. The minimum Gasteiger partial charge on any atom is -0.496 e. The predicted molar refractivity (Wildman–Crippen MR) is 84.2 cm³/mol. The first-order chi connectivity index (χ1) is 10.6. The zero-order chi connectivity index (χ0) is 16.5. The van der Waals surface area contributed by atoms with Crippen molar-refractivity contribution in [2.24, 2.45) is 0 Å². The van der Waals surface area contributed by atoms with Crippen LogP contribution in [0.1, 0.15) is 24.2 Å². The summed E-state index contributed by atoms with van der Waals surface area (Å²) in [6, 6.07) is 3.34. The Morgan fingerprint density at radius 1 is 1.00 bits per heavy atom. The largest absolute Gasteiger partial charge is 0.496 e. The summed E-state index contributed by atoms with van der Waals surface area (Å²) in [5.74, 6) is 0.680. The average Bonchev–Trinajstić information content (AvgIpc) is 2.56. The highest BCUT2D eigenvalue weighted by atomic mass is 16.5. The first kappa shape index (κ1) is 18.1. The molecular formula is C16H25NO5. The van der Waals surface area contributed by atoms with Gasteiger partial charge in [-0.1, -0.05) is 13.8 Å². The first-order valence-corrected chi connectivity index (χ1v) is 7.31. The van der Waals surface area contributed by atoms with E-state index in [0.717, 1.165) is 13.1 Å². The van der Waals surface area contributed by atoms with Gasteiger partial charge in [0.25, 0.3) is 0 Å². The summed E-state index contributed by atoms with van der Waals surface area (Å²) in [4.78, 5) is 14.5. The van der Waals surface area contributed by atoms with Crippen molar-refractivity contribution in [2.75, 3.05) is 47.6 Å². The standard InChI is InChI=1S/C16H25NO5/c1-6-17(7-2)10-11-22-16(18)14-12(19-3)8-9-13(20-4)15(14)21-5/h8-9H,6-7,10-11H2,1-5H3. The zero-order valence-corrected chi connectivity index (χ0v) is 14.0. The van der Waals surface area contributed by atoms with E-state index in [4.69, 9.17) is 18.9 Å². The molecule has 0 fully saturated rings. The molecule has 0 atom stereocenters. The summed E-state index contributed by atoms with van der Waals surface area (Å²) < 4.78 is 21.1. The number of esters is 1. The van der Waals surface area contributed by atoms with Crippen LogP contribution >= 0.6 is 0 Å². The molecule has 0 unspecified atom stereocenters. The lowest BCUT2D eigenvalue weighted by Gasteiger charge is -2.19. The van der Waals surface area contributed by atoms with E-state index < -0.39 is 5.97 Å². The summed E-state index contributed by atoms with van der Waals surface area (Å²) in [5, 5.41) is 0. The van der Waals surface area contributed by atoms with Crippen LogP contribution in [0.25, 0.3) is 0 Å². The lowest BCUT2D eigenvalue weighted by molar-refractivity contribution is 0.0458. The van der Waals surface area contributed by atoms with Gasteiger partial charge in [-0.2, -0.15) is 0 Å². The van der Waals surface area contributed by atoms with Crippen LogP contribution in [0.2, 0.25) is 0 Å². The smallest absolute Gasteiger partial charge is 0.345 e. The third-order valence-electron chi connectivity index (χ3n) is 3.47. The Hall–Kier alpha value is -1.95. The third-order valence-corrected chi connectivity index (χ3v) is 3.47. The van der Waals surface area contributed by atoms with Gasteiger partial charge in [0.05, 0.1) is 21.3 Å². The fraction of sp³-hybridized carbons (Fsp3) is 0.562. The molecule has 6 nitrogen and oxygen atoms in total. The molecule has 0 aliphatic heterocycles. The van der Waals surface area contributed by atoms with Crippen LogP contribution in [-0.2, 0) is 4.74 Å². The van der Waals surface area contributed by atoms with Gasteiger partial charge >= 0.3 is 5.97 Å². The molecule has 1 aromatic rings. The Balaban J connectivity index is 2.91. The van der Waals surface area contributed by atoms with Crippen molar-refractivity contribution in [1.29, 1.82) is 0 Å². The van der Waals surface area contributed by atoms with Crippen molar-refractivity contribution in [2.45, 2.75) is 13.8 Å². The molecule has 22 heavy (non-hydrogen) atoms. The van der Waals surface area contributed by atoms with E-state index in [9.17, 15) is 4.79 Å². The molecule has 0 aliphatic carbocycles. The van der Waals surface area contributed by atoms with Gasteiger partial charge in [-0.15, -0.1) is 0 Å². The SMILES string of the molecule is CCN(CC)CCOC(=O)c1c(OC)ccc(OC)c1OC. The number of hydrogen-bond donors (Lipinski definition) is 0. The van der Waals surface area contributed by atoms with E-state index in [1.165, 1.54) is 21.3 Å². The van der Waals surface area contributed by atoms with E-state index in [1.54, 1.807) is 12.1 Å². The Bertz CT molecular complexity index is 486. The molecule has 0 saturated heterocycles. The second-order valence-electron chi connectivity index (χ2n) is 4.54. The molecule has 0 heterocycles. The molecule has 0 radical (unpaired) electrons. The summed E-state index contributed by atoms with van der Waals surface area (Å²) in [5.41, 5.74) is 0.240. The molecule has 0 aromatic heterocycles. The summed E-state index contributed by atoms with van der Waals surface area (Å²) >= 11 is 0. The molecular weight excluding hydrogens is 286 g/mol. The summed E-state index contributed by atoms with van der Waals surface area (Å²) in [7, 11) is 4.48. The number of carbonyl (C=O) groups excluding carboxylic acids is 1. The van der Waals surface area contributed by atoms with E-state index in [2.05, 4.69) is 18.7 Å². The lowest BCUT2D eigenvalue weighted by atomic mass is 10.1. The second-order valence-corrected chi connectivity index (χ2v) is 4.54. The van der Waals surface area contributed by atoms with Gasteiger partial charge in [0.2, 0.25) is 0 Å². The number of benzene rings is 1. The van der Waals surface area contributed by atoms with E-state index in [1.807, 2.05) is 0 Å². The van der Waals surface area contributed by atoms with Gasteiger partial charge in [-0.25, -0.2) is 4.79 Å². The van der Waals surface area contributed by atoms with Gasteiger partial charge in [-0.05, 0) is 25.2 Å². The van der Waals surface area contributed by atoms with Crippen LogP contribution in [0, 0.1) is 0 Å². The number of likely N-dealkylation sites (N-methyl/N-ethyl adjacent to an activating group) is 1. The lowest BCUT2D eigenvalue weighted by Crippen LogP contribution is -2.28. The highest BCUT2D eigenvalue weighted by Crippen LogP contribution is 2.37. The molecule has 0 N–H and O–H groups in total. The number of nitrogens with zero attached hydrogens (tertiary/aromatic N) is 1. The number of ether oxygens (including phenoxy) is 4. The van der Waals surface area contributed by atoms with Gasteiger partial charge < -0.3 is 23.8 Å². The van der Waals surface area contributed by atoms with Crippen LogP contribution in [0.4, 0.5) is 0 Å². The normalized spacial score (nSPS) is 10.5. The third kappa shape index (κ3) is 4.27. The van der Waals surface area contributed by atoms with E-state index in [-0.39, 0.29) is 5.56 Å². The maximum Gasteiger partial charge on any atom is 0.345 e. The highest BCUT2D eigenvalue weighted by Gasteiger charge is 2.23. The Morgan fingerprint density at radius 3 is 2.09 bits per heavy atom. The van der Waals surface area contributed by atoms with Crippen LogP contribution in [-0.4, -0.2) is 58.4 Å². The Morgan fingerprint density at radius 2 is 1.59 bits per heavy atom. The molecule has 0 spiro atoms. The van der Waals surface area contributed by atoms with E-state index >= 15 is 0 Å². The molecule has 0 amide bonds. The minimum atomic E-state index is -0.486. The van der Waals surface area contributed by atoms with Gasteiger partial charge in [0.1, 0.15) is 17.9 Å². The maximum atomic E-state index is 12.4. The van der Waals surface area contributed by atoms with Crippen LogP contribution in [0.3, 0.4) is 0 Å². The van der Waals surface area contributed by atoms with E-state index in [0.29, 0.717) is 30.4 Å². The molecule has 6 heteroatoms. The number of rotatable bonds is 9. The number of carbonyl (C=O) groups is 1. The quantitative estimate of drug-likeness (QED) is 0.652. The highest BCUT2D eigenvalue weighted by molar-refractivity contribution is 5.96. The number of hydrogen-bond acceptors (Lipinski definition) is 6. The average molecular weight is 311 g/mol. The molecule has 0 saturated carbocycles. The molecule has 0 bridgehead atoms. The van der Waals surface area contributed by atoms with Crippen molar-refractivity contribution < 1.29 is 23.7 Å². The molecule has 0 aliphatic rings. The van der Waals surface area contributed by atoms with Gasteiger partial charge in [-0.3, -0.25) is 0 Å². The zero-order valence-electron chi connectivity index (χ0n) is 14.0. The Labute approximate surface area is 131 Å². The van der Waals surface area contributed by atoms with Crippen molar-refractivity contribution in [1.82, 2.24) is 4.90 Å². The molecule has 1 rings (SSSR count). The van der Waals surface area contributed by atoms with Crippen LogP contribution in [0.5, 0.6) is 17.2 Å². The topological polar surface area (TPSA) is 57.2 Å². The fourth-order valence-corrected chi connectivity index (χ4v) is 2.15. The van der Waals surface area contributed by atoms with Crippen molar-refractivity contribution in [3.05, 3.63) is 17.7 Å². The Kier molecular flexibility index (Phi) is 7.52. The van der Waals surface area contributed by atoms with Crippen molar-refractivity contribution in [3.8, 4) is 17.2 Å². The predicted octanol–water partition coefficient (Wildman–Crippen LogP) is 2.21. The molecule has 1 aromatic carbocycles. The van der Waals surface area contributed by atoms with Crippen molar-refractivity contribution >= 4 is 5.97 Å². The maximum absolute atomic E-state index is 12.4.